The van der Waals surface area contributed by atoms with E-state index in [1.165, 1.54) is 0 Å². The van der Waals surface area contributed by atoms with Gasteiger partial charge in [-0.05, 0) is 25.0 Å². The largest absolute Gasteiger partial charge is 0.393 e. The summed E-state index contributed by atoms with van der Waals surface area (Å²) < 4.78 is 8.88. The molecular formula is C16H14O6. The van der Waals surface area contributed by atoms with Crippen LogP contribution in [0.5, 0.6) is 0 Å². The molecule has 2 fully saturated rings. The average Bonchev–Trinajstić information content (AvgIpc) is 2.99. The molecule has 4 rings (SSSR count). The van der Waals surface area contributed by atoms with E-state index in [1.807, 2.05) is 0 Å². The van der Waals surface area contributed by atoms with Crippen LogP contribution in [-0.2, 0) is 19.1 Å². The standard InChI is InChI=1S/C8H10O3.C8H4O3/c2*9-7-5-3-1-2-4-6(5)8(10)11-7/h5-6H,1-4H2;1-4H. The third-order valence-corrected chi connectivity index (χ3v) is 4.12. The van der Waals surface area contributed by atoms with Gasteiger partial charge in [-0.25, -0.2) is 9.59 Å². The monoisotopic (exact) mass is 302 g/mol. The third-order valence-electron chi connectivity index (χ3n) is 4.12. The molecule has 2 unspecified atom stereocenters. The Kier molecular flexibility index (Phi) is 3.75. The molecule has 1 saturated carbocycles. The second kappa shape index (κ2) is 5.71. The fraction of sp³-hybridized carbons (Fsp3) is 0.375. The van der Waals surface area contributed by atoms with Gasteiger partial charge in [-0.1, -0.05) is 25.0 Å². The Balaban J connectivity index is 0.000000131. The molecule has 22 heavy (non-hydrogen) atoms. The third kappa shape index (κ3) is 2.52. The molecule has 1 saturated heterocycles. The van der Waals surface area contributed by atoms with Crippen LogP contribution < -0.4 is 0 Å². The second-order valence-corrected chi connectivity index (χ2v) is 5.46. The van der Waals surface area contributed by atoms with Crippen molar-refractivity contribution >= 4 is 23.9 Å². The minimum atomic E-state index is -0.550. The number of esters is 4. The van der Waals surface area contributed by atoms with Crippen molar-refractivity contribution in [3.8, 4) is 0 Å². The van der Waals surface area contributed by atoms with Crippen molar-refractivity contribution in [1.29, 1.82) is 0 Å². The first kappa shape index (κ1) is 14.4. The van der Waals surface area contributed by atoms with Crippen molar-refractivity contribution in [1.82, 2.24) is 0 Å². The van der Waals surface area contributed by atoms with Crippen LogP contribution >= 0.6 is 0 Å². The summed E-state index contributed by atoms with van der Waals surface area (Å²) in [6, 6.07) is 6.53. The molecule has 1 aromatic carbocycles. The van der Waals surface area contributed by atoms with Gasteiger partial charge in [-0.15, -0.1) is 0 Å². The van der Waals surface area contributed by atoms with Crippen LogP contribution in [0, 0.1) is 11.8 Å². The number of hydrogen-bond acceptors (Lipinski definition) is 6. The first-order chi connectivity index (χ1) is 10.6. The zero-order valence-electron chi connectivity index (χ0n) is 11.7. The Hall–Kier alpha value is -2.50. The Labute approximate surface area is 126 Å². The van der Waals surface area contributed by atoms with Crippen molar-refractivity contribution in [3.63, 3.8) is 0 Å². The fourth-order valence-electron chi connectivity index (χ4n) is 2.98. The highest BCUT2D eigenvalue weighted by molar-refractivity contribution is 6.14. The van der Waals surface area contributed by atoms with Gasteiger partial charge in [0.15, 0.2) is 0 Å². The topological polar surface area (TPSA) is 86.7 Å². The van der Waals surface area contributed by atoms with Crippen molar-refractivity contribution in [2.24, 2.45) is 11.8 Å². The number of rotatable bonds is 0. The maximum Gasteiger partial charge on any atom is 0.346 e. The number of hydrogen-bond donors (Lipinski definition) is 0. The summed E-state index contributed by atoms with van der Waals surface area (Å²) in [5.41, 5.74) is 0.718. The summed E-state index contributed by atoms with van der Waals surface area (Å²) in [5, 5.41) is 0. The Morgan fingerprint density at radius 2 is 1.18 bits per heavy atom. The molecule has 0 aromatic heterocycles. The second-order valence-electron chi connectivity index (χ2n) is 5.46. The number of fused-ring (bicyclic) bond motifs is 2. The predicted molar refractivity (Wildman–Crippen MR) is 72.7 cm³/mol. The number of cyclic esters (lactones) is 4. The summed E-state index contributed by atoms with van der Waals surface area (Å²) in [6.07, 6.45) is 3.80. The van der Waals surface area contributed by atoms with Crippen molar-refractivity contribution in [2.45, 2.75) is 25.7 Å². The molecule has 0 bridgehead atoms. The minimum absolute atomic E-state index is 0.101. The summed E-state index contributed by atoms with van der Waals surface area (Å²) in [4.78, 5) is 43.6. The quantitative estimate of drug-likeness (QED) is 0.537. The molecule has 2 atom stereocenters. The fourth-order valence-corrected chi connectivity index (χ4v) is 2.98. The first-order valence-corrected chi connectivity index (χ1v) is 7.19. The molecule has 2 heterocycles. The van der Waals surface area contributed by atoms with Gasteiger partial charge < -0.3 is 9.47 Å². The minimum Gasteiger partial charge on any atom is -0.393 e. The maximum absolute atomic E-state index is 11.0. The van der Waals surface area contributed by atoms with E-state index in [4.69, 9.17) is 0 Å². The van der Waals surface area contributed by atoms with E-state index >= 15 is 0 Å². The van der Waals surface area contributed by atoms with Crippen molar-refractivity contribution < 1.29 is 28.7 Å². The van der Waals surface area contributed by atoms with Gasteiger partial charge >= 0.3 is 23.9 Å². The zero-order chi connectivity index (χ0) is 15.7. The maximum atomic E-state index is 11.0. The highest BCUT2D eigenvalue weighted by atomic mass is 16.6. The zero-order valence-corrected chi connectivity index (χ0v) is 11.7. The van der Waals surface area contributed by atoms with E-state index in [2.05, 4.69) is 9.47 Å². The van der Waals surface area contributed by atoms with Gasteiger partial charge in [0.25, 0.3) is 0 Å². The van der Waals surface area contributed by atoms with Gasteiger partial charge in [0.1, 0.15) is 0 Å². The predicted octanol–water partition coefficient (Wildman–Crippen LogP) is 1.87. The van der Waals surface area contributed by atoms with Crippen LogP contribution in [0.2, 0.25) is 0 Å². The van der Waals surface area contributed by atoms with Crippen LogP contribution in [0.15, 0.2) is 24.3 Å². The molecule has 0 radical (unpaired) electrons. The lowest BCUT2D eigenvalue weighted by Gasteiger charge is -2.18. The van der Waals surface area contributed by atoms with Crippen molar-refractivity contribution in [2.75, 3.05) is 0 Å². The SMILES string of the molecule is O=C1OC(=O)C2CCCCC12.O=C1OC(=O)c2ccccc21. The molecule has 0 amide bonds. The average molecular weight is 302 g/mol. The van der Waals surface area contributed by atoms with Gasteiger partial charge in [0.05, 0.1) is 23.0 Å². The highest BCUT2D eigenvalue weighted by Gasteiger charge is 2.44. The Morgan fingerprint density at radius 3 is 1.64 bits per heavy atom. The molecule has 3 aliphatic rings. The lowest BCUT2D eigenvalue weighted by molar-refractivity contribution is -0.153. The first-order valence-electron chi connectivity index (χ1n) is 7.19. The molecule has 0 spiro atoms. The van der Waals surface area contributed by atoms with Crippen LogP contribution in [0.4, 0.5) is 0 Å². The van der Waals surface area contributed by atoms with Crippen molar-refractivity contribution in [3.05, 3.63) is 35.4 Å². The molecule has 6 heteroatoms. The lowest BCUT2D eigenvalue weighted by Crippen LogP contribution is -2.21. The number of benzene rings is 1. The summed E-state index contributed by atoms with van der Waals surface area (Å²) in [5.74, 6) is -1.89. The van der Waals surface area contributed by atoms with Gasteiger partial charge in [0, 0.05) is 0 Å². The van der Waals surface area contributed by atoms with Crippen LogP contribution in [-0.4, -0.2) is 23.9 Å². The molecule has 6 nitrogen and oxygen atoms in total. The van der Waals surface area contributed by atoms with E-state index in [-0.39, 0.29) is 23.8 Å². The van der Waals surface area contributed by atoms with Crippen LogP contribution in [0.1, 0.15) is 46.4 Å². The molecule has 114 valence electrons. The molecule has 0 N–H and O–H groups in total. The van der Waals surface area contributed by atoms with E-state index in [0.717, 1.165) is 25.7 Å². The summed E-state index contributed by atoms with van der Waals surface area (Å²) in [6.45, 7) is 0. The Bertz CT molecular complexity index is 607. The normalized spacial score (nSPS) is 25.6. The highest BCUT2D eigenvalue weighted by Crippen LogP contribution is 2.36. The van der Waals surface area contributed by atoms with Crippen LogP contribution in [0.3, 0.4) is 0 Å². The van der Waals surface area contributed by atoms with Gasteiger partial charge in [-0.3, -0.25) is 9.59 Å². The smallest absolute Gasteiger partial charge is 0.346 e. The van der Waals surface area contributed by atoms with E-state index < -0.39 is 11.9 Å². The number of ether oxygens (including phenoxy) is 2. The van der Waals surface area contributed by atoms with E-state index in [9.17, 15) is 19.2 Å². The lowest BCUT2D eigenvalue weighted by atomic mass is 9.81. The number of carbonyl (C=O) groups excluding carboxylic acids is 4. The number of carbonyl (C=O) groups is 4. The van der Waals surface area contributed by atoms with Gasteiger partial charge in [0.2, 0.25) is 0 Å². The Morgan fingerprint density at radius 1 is 0.727 bits per heavy atom. The van der Waals surface area contributed by atoms with Crippen LogP contribution in [0.25, 0.3) is 0 Å². The summed E-state index contributed by atoms with van der Waals surface area (Å²) >= 11 is 0. The summed E-state index contributed by atoms with van der Waals surface area (Å²) in [7, 11) is 0. The van der Waals surface area contributed by atoms with E-state index in [0.29, 0.717) is 11.1 Å². The molecule has 2 aliphatic heterocycles. The molecule has 1 aliphatic carbocycles. The molecular weight excluding hydrogens is 288 g/mol. The van der Waals surface area contributed by atoms with Gasteiger partial charge in [-0.2, -0.15) is 0 Å². The molecule has 1 aromatic rings. The van der Waals surface area contributed by atoms with E-state index in [1.54, 1.807) is 24.3 Å².